The normalized spacial score (nSPS) is 13.7. The van der Waals surface area contributed by atoms with Gasteiger partial charge in [0.25, 0.3) is 0 Å². The first kappa shape index (κ1) is 20.8. The van der Waals surface area contributed by atoms with Crippen LogP contribution in [0.1, 0.15) is 32.0 Å². The van der Waals surface area contributed by atoms with Gasteiger partial charge >= 0.3 is 5.69 Å². The van der Waals surface area contributed by atoms with E-state index in [4.69, 9.17) is 9.47 Å². The molecule has 1 aromatic heterocycles. The van der Waals surface area contributed by atoms with E-state index >= 15 is 0 Å². The molecule has 0 aliphatic carbocycles. The van der Waals surface area contributed by atoms with Crippen molar-refractivity contribution in [3.63, 3.8) is 0 Å². The summed E-state index contributed by atoms with van der Waals surface area (Å²) in [6.07, 6.45) is 3.78. The number of nitrogens with one attached hydrogen (secondary N) is 2. The second kappa shape index (κ2) is 9.99. The van der Waals surface area contributed by atoms with Crippen LogP contribution >= 0.6 is 0 Å². The number of hydrogen-bond donors (Lipinski definition) is 2. The number of aliphatic imine (C=N–C) groups is 1. The summed E-state index contributed by atoms with van der Waals surface area (Å²) in [5.74, 6) is 2.91. The molecule has 0 amide bonds. The van der Waals surface area contributed by atoms with Crippen LogP contribution in [0.3, 0.4) is 0 Å². The molecule has 9 nitrogen and oxygen atoms in total. The fourth-order valence-corrected chi connectivity index (χ4v) is 3.36. The summed E-state index contributed by atoms with van der Waals surface area (Å²) in [6, 6.07) is 5.61. The van der Waals surface area contributed by atoms with E-state index in [-0.39, 0.29) is 5.69 Å². The number of guanidine groups is 1. The van der Waals surface area contributed by atoms with Crippen molar-refractivity contribution in [3.8, 4) is 11.5 Å². The average Bonchev–Trinajstić information content (AvgIpc) is 3.07. The third-order valence-electron chi connectivity index (χ3n) is 4.82. The molecule has 9 heteroatoms. The minimum Gasteiger partial charge on any atom is -0.493 e. The van der Waals surface area contributed by atoms with Crippen LogP contribution in [0, 0.1) is 0 Å². The van der Waals surface area contributed by atoms with Gasteiger partial charge in [-0.25, -0.2) is 9.48 Å². The lowest BCUT2D eigenvalue weighted by Gasteiger charge is -2.13. The molecular weight excluding hydrogens is 372 g/mol. The molecule has 0 unspecified atom stereocenters. The summed E-state index contributed by atoms with van der Waals surface area (Å²) in [5.41, 5.74) is 0.847. The van der Waals surface area contributed by atoms with Crippen molar-refractivity contribution in [2.45, 2.75) is 45.7 Å². The summed E-state index contributed by atoms with van der Waals surface area (Å²) >= 11 is 0. The van der Waals surface area contributed by atoms with E-state index in [1.807, 2.05) is 25.1 Å². The molecule has 0 saturated heterocycles. The highest BCUT2D eigenvalue weighted by Gasteiger charge is 2.16. The predicted octanol–water partition coefficient (Wildman–Crippen LogP) is 1.87. The van der Waals surface area contributed by atoms with Crippen LogP contribution in [-0.2, 0) is 19.5 Å². The first-order chi connectivity index (χ1) is 14.2. The second-order valence-corrected chi connectivity index (χ2v) is 6.84. The number of benzene rings is 1. The molecule has 0 saturated carbocycles. The van der Waals surface area contributed by atoms with E-state index < -0.39 is 0 Å². The third kappa shape index (κ3) is 5.10. The van der Waals surface area contributed by atoms with Gasteiger partial charge in [-0.2, -0.15) is 5.10 Å². The smallest absolute Gasteiger partial charge is 0.345 e. The van der Waals surface area contributed by atoms with E-state index in [1.165, 1.54) is 0 Å². The molecule has 0 bridgehead atoms. The molecule has 2 heterocycles. The van der Waals surface area contributed by atoms with E-state index in [9.17, 15) is 4.79 Å². The summed E-state index contributed by atoms with van der Waals surface area (Å²) < 4.78 is 14.0. The molecule has 2 N–H and O–H groups in total. The molecular formula is C20H30N6O3. The maximum atomic E-state index is 12.4. The lowest BCUT2D eigenvalue weighted by Crippen LogP contribution is -2.31. The maximum absolute atomic E-state index is 12.4. The molecule has 0 fully saturated rings. The molecule has 0 radical (unpaired) electrons. The Morgan fingerprint density at radius 3 is 2.79 bits per heavy atom. The van der Waals surface area contributed by atoms with Gasteiger partial charge in [0.1, 0.15) is 5.82 Å². The Kier molecular flexibility index (Phi) is 7.15. The van der Waals surface area contributed by atoms with E-state index in [0.717, 1.165) is 50.3 Å². The van der Waals surface area contributed by atoms with Crippen LogP contribution < -0.4 is 25.8 Å². The monoisotopic (exact) mass is 402 g/mol. The predicted molar refractivity (Wildman–Crippen MR) is 113 cm³/mol. The van der Waals surface area contributed by atoms with Gasteiger partial charge in [-0.3, -0.25) is 9.56 Å². The Labute approximate surface area is 170 Å². The molecule has 158 valence electrons. The van der Waals surface area contributed by atoms with Crippen LogP contribution in [0.5, 0.6) is 11.5 Å². The molecule has 3 rings (SSSR count). The van der Waals surface area contributed by atoms with Crippen LogP contribution in [-0.4, -0.2) is 47.6 Å². The number of nitrogens with zero attached hydrogens (tertiary/aromatic N) is 4. The van der Waals surface area contributed by atoms with Crippen molar-refractivity contribution in [2.24, 2.45) is 4.99 Å². The van der Waals surface area contributed by atoms with Crippen LogP contribution in [0.25, 0.3) is 0 Å². The van der Waals surface area contributed by atoms with Gasteiger partial charge in [0.05, 0.1) is 14.2 Å². The quantitative estimate of drug-likeness (QED) is 0.398. The number of aryl methyl sites for hydroxylation is 2. The van der Waals surface area contributed by atoms with Crippen LogP contribution in [0.15, 0.2) is 28.0 Å². The van der Waals surface area contributed by atoms with E-state index in [1.54, 1.807) is 23.5 Å². The number of fused-ring (bicyclic) bond motifs is 1. The Hall–Kier alpha value is -2.97. The Morgan fingerprint density at radius 1 is 1.24 bits per heavy atom. The number of ether oxygens (including phenoxy) is 2. The lowest BCUT2D eigenvalue weighted by molar-refractivity contribution is 0.355. The number of aromatic nitrogens is 3. The Morgan fingerprint density at radius 2 is 2.07 bits per heavy atom. The number of rotatable bonds is 8. The van der Waals surface area contributed by atoms with E-state index in [2.05, 4.69) is 20.7 Å². The molecule has 0 spiro atoms. The zero-order valence-electron chi connectivity index (χ0n) is 17.4. The first-order valence-electron chi connectivity index (χ1n) is 10.1. The zero-order chi connectivity index (χ0) is 20.6. The molecule has 29 heavy (non-hydrogen) atoms. The second-order valence-electron chi connectivity index (χ2n) is 6.84. The molecule has 1 aliphatic rings. The lowest BCUT2D eigenvalue weighted by atomic mass is 10.2. The Bertz CT molecular complexity index is 902. The maximum Gasteiger partial charge on any atom is 0.345 e. The molecule has 1 aliphatic heterocycles. The van der Waals surface area contributed by atoms with E-state index in [0.29, 0.717) is 30.5 Å². The highest BCUT2D eigenvalue weighted by Crippen LogP contribution is 2.29. The van der Waals surface area contributed by atoms with Gasteiger partial charge in [0.15, 0.2) is 17.5 Å². The minimum absolute atomic E-state index is 0.000890. The number of hydrogen-bond acceptors (Lipinski definition) is 5. The van der Waals surface area contributed by atoms with Gasteiger partial charge in [-0.15, -0.1) is 0 Å². The molecule has 0 atom stereocenters. The SMILES string of the molecule is CCNC(=NCCCn1nc2n(c1=O)CCCC2)Nc1ccc(OC)c(OC)c1. The summed E-state index contributed by atoms with van der Waals surface area (Å²) in [7, 11) is 3.22. The number of anilines is 1. The standard InChI is InChI=1S/C20H30N6O3/c1-4-21-19(23-15-9-10-16(28-2)17(14-15)29-3)22-11-7-13-26-20(27)25-12-6-5-8-18(25)24-26/h9-10,14H,4-8,11-13H2,1-3H3,(H2,21,22,23). The Balaban J connectivity index is 1.60. The van der Waals surface area contributed by atoms with Gasteiger partial charge in [0, 0.05) is 44.4 Å². The summed E-state index contributed by atoms with van der Waals surface area (Å²) in [5, 5.41) is 11.0. The van der Waals surface area contributed by atoms with Crippen LogP contribution in [0.2, 0.25) is 0 Å². The van der Waals surface area contributed by atoms with Gasteiger partial charge in [0.2, 0.25) is 0 Å². The largest absolute Gasteiger partial charge is 0.493 e. The summed E-state index contributed by atoms with van der Waals surface area (Å²) in [4.78, 5) is 17.0. The highest BCUT2D eigenvalue weighted by atomic mass is 16.5. The third-order valence-corrected chi connectivity index (χ3v) is 4.82. The highest BCUT2D eigenvalue weighted by molar-refractivity contribution is 5.93. The first-order valence-corrected chi connectivity index (χ1v) is 10.1. The van der Waals surface area contributed by atoms with Crippen LogP contribution in [0.4, 0.5) is 5.69 Å². The van der Waals surface area contributed by atoms with Gasteiger partial charge < -0.3 is 20.1 Å². The topological polar surface area (TPSA) is 94.7 Å². The van der Waals surface area contributed by atoms with Crippen molar-refractivity contribution in [1.29, 1.82) is 0 Å². The zero-order valence-corrected chi connectivity index (χ0v) is 17.4. The molecule has 2 aromatic rings. The van der Waals surface area contributed by atoms with Gasteiger partial charge in [-0.05, 0) is 38.3 Å². The van der Waals surface area contributed by atoms with Crippen molar-refractivity contribution in [1.82, 2.24) is 19.7 Å². The minimum atomic E-state index is -0.000890. The fourth-order valence-electron chi connectivity index (χ4n) is 3.36. The fraction of sp³-hybridized carbons (Fsp3) is 0.550. The van der Waals surface area contributed by atoms with Crippen molar-refractivity contribution in [2.75, 3.05) is 32.6 Å². The summed E-state index contributed by atoms with van der Waals surface area (Å²) in [6.45, 7) is 4.69. The average molecular weight is 402 g/mol. The van der Waals surface area contributed by atoms with Gasteiger partial charge in [-0.1, -0.05) is 0 Å². The van der Waals surface area contributed by atoms with Crippen molar-refractivity contribution in [3.05, 3.63) is 34.5 Å². The molecule has 1 aromatic carbocycles. The number of methoxy groups -OCH3 is 2. The van der Waals surface area contributed by atoms with Crippen molar-refractivity contribution < 1.29 is 9.47 Å². The van der Waals surface area contributed by atoms with Crippen molar-refractivity contribution >= 4 is 11.6 Å².